The molecule has 4 heteroatoms. The van der Waals surface area contributed by atoms with Crippen LogP contribution in [0.2, 0.25) is 0 Å². The number of benzene rings is 1. The summed E-state index contributed by atoms with van der Waals surface area (Å²) in [6, 6.07) is 5.90. The zero-order valence-electron chi connectivity index (χ0n) is 15.3. The maximum atomic E-state index is 12.6. The third-order valence-corrected chi connectivity index (χ3v) is 5.46. The number of likely N-dealkylation sites (tertiary alicyclic amines) is 1. The molecule has 0 radical (unpaired) electrons. The predicted octanol–water partition coefficient (Wildman–Crippen LogP) is 3.78. The van der Waals surface area contributed by atoms with Gasteiger partial charge in [0, 0.05) is 34.2 Å². The number of nitrogens with zero attached hydrogens (tertiary/aromatic N) is 1. The average Bonchev–Trinajstić information content (AvgIpc) is 2.87. The van der Waals surface area contributed by atoms with Gasteiger partial charge in [-0.05, 0) is 77.4 Å². The first kappa shape index (κ1) is 17.0. The van der Waals surface area contributed by atoms with Gasteiger partial charge >= 0.3 is 0 Å². The molecule has 1 amide bonds. The van der Waals surface area contributed by atoms with E-state index in [1.807, 2.05) is 18.2 Å². The van der Waals surface area contributed by atoms with Crippen molar-refractivity contribution in [1.82, 2.24) is 15.2 Å². The van der Waals surface area contributed by atoms with Gasteiger partial charge in [-0.3, -0.25) is 9.69 Å². The number of aromatic amines is 1. The molecule has 2 aromatic rings. The van der Waals surface area contributed by atoms with Crippen molar-refractivity contribution in [3.8, 4) is 0 Å². The van der Waals surface area contributed by atoms with E-state index in [0.29, 0.717) is 6.54 Å². The molecule has 3 rings (SSSR count). The fraction of sp³-hybridized carbons (Fsp3) is 0.550. The molecule has 0 spiro atoms. The van der Waals surface area contributed by atoms with Gasteiger partial charge in [0.25, 0.3) is 5.91 Å². The number of aromatic nitrogens is 1. The highest BCUT2D eigenvalue weighted by Gasteiger charge is 2.28. The molecule has 24 heavy (non-hydrogen) atoms. The maximum Gasteiger partial charge on any atom is 0.251 e. The van der Waals surface area contributed by atoms with E-state index < -0.39 is 0 Å². The minimum atomic E-state index is 0.000765. The number of hydrogen-bond acceptors (Lipinski definition) is 2. The lowest BCUT2D eigenvalue weighted by Gasteiger charge is -2.41. The highest BCUT2D eigenvalue weighted by atomic mass is 16.1. The van der Waals surface area contributed by atoms with Crippen molar-refractivity contribution in [1.29, 1.82) is 0 Å². The summed E-state index contributed by atoms with van der Waals surface area (Å²) in [5.74, 6) is 0.0141. The van der Waals surface area contributed by atoms with Crippen molar-refractivity contribution in [2.45, 2.75) is 52.5 Å². The number of carbonyl (C=O) groups is 1. The summed E-state index contributed by atoms with van der Waals surface area (Å²) in [6.07, 6.45) is 3.86. The fourth-order valence-electron chi connectivity index (χ4n) is 3.61. The topological polar surface area (TPSA) is 48.1 Å². The second-order valence-electron chi connectivity index (χ2n) is 7.68. The van der Waals surface area contributed by atoms with Crippen molar-refractivity contribution in [2.75, 3.05) is 19.6 Å². The second-order valence-corrected chi connectivity index (χ2v) is 7.68. The molecule has 1 fully saturated rings. The SMILES string of the molecule is Cc1[nH]c2ccc(C(=O)NCC(C)(C)N3CCCCC3)cc2c1C. The van der Waals surface area contributed by atoms with E-state index in [9.17, 15) is 4.79 Å². The molecule has 0 atom stereocenters. The van der Waals surface area contributed by atoms with Crippen LogP contribution in [-0.2, 0) is 0 Å². The van der Waals surface area contributed by atoms with Crippen molar-refractivity contribution >= 4 is 16.8 Å². The molecule has 2 heterocycles. The van der Waals surface area contributed by atoms with Gasteiger partial charge in [0.2, 0.25) is 0 Å². The summed E-state index contributed by atoms with van der Waals surface area (Å²) in [7, 11) is 0. The summed E-state index contributed by atoms with van der Waals surface area (Å²) >= 11 is 0. The second kappa shape index (κ2) is 6.60. The summed E-state index contributed by atoms with van der Waals surface area (Å²) in [4.78, 5) is 18.4. The lowest BCUT2D eigenvalue weighted by atomic mass is 9.98. The van der Waals surface area contributed by atoms with Gasteiger partial charge in [-0.2, -0.15) is 0 Å². The largest absolute Gasteiger partial charge is 0.358 e. The molecule has 1 aliphatic heterocycles. The van der Waals surface area contributed by atoms with Crippen LogP contribution >= 0.6 is 0 Å². The smallest absolute Gasteiger partial charge is 0.251 e. The highest BCUT2D eigenvalue weighted by molar-refractivity contribution is 5.99. The number of nitrogens with one attached hydrogen (secondary N) is 2. The van der Waals surface area contributed by atoms with Gasteiger partial charge in [-0.1, -0.05) is 6.42 Å². The summed E-state index contributed by atoms with van der Waals surface area (Å²) < 4.78 is 0. The van der Waals surface area contributed by atoms with Crippen LogP contribution in [0.4, 0.5) is 0 Å². The minimum absolute atomic E-state index is 0.000765. The Morgan fingerprint density at radius 2 is 1.92 bits per heavy atom. The normalized spacial score (nSPS) is 16.5. The Balaban J connectivity index is 1.69. The van der Waals surface area contributed by atoms with Crippen molar-refractivity contribution in [3.63, 3.8) is 0 Å². The maximum absolute atomic E-state index is 12.6. The molecule has 130 valence electrons. The zero-order valence-corrected chi connectivity index (χ0v) is 15.3. The van der Waals surface area contributed by atoms with E-state index in [2.05, 4.69) is 42.9 Å². The first-order valence-electron chi connectivity index (χ1n) is 9.01. The fourth-order valence-corrected chi connectivity index (χ4v) is 3.61. The molecule has 4 nitrogen and oxygen atoms in total. The Hall–Kier alpha value is -1.81. The lowest BCUT2D eigenvalue weighted by molar-refractivity contribution is 0.0797. The number of H-pyrrole nitrogens is 1. The number of fused-ring (bicyclic) bond motifs is 1. The Morgan fingerprint density at radius 1 is 1.21 bits per heavy atom. The van der Waals surface area contributed by atoms with Gasteiger partial charge in [0.15, 0.2) is 0 Å². The number of hydrogen-bond donors (Lipinski definition) is 2. The van der Waals surface area contributed by atoms with E-state index in [4.69, 9.17) is 0 Å². The quantitative estimate of drug-likeness (QED) is 0.898. The monoisotopic (exact) mass is 327 g/mol. The predicted molar refractivity (Wildman–Crippen MR) is 99.6 cm³/mol. The Bertz CT molecular complexity index is 739. The molecule has 1 aromatic heterocycles. The van der Waals surface area contributed by atoms with Gasteiger partial charge < -0.3 is 10.3 Å². The molecule has 1 aliphatic rings. The van der Waals surface area contributed by atoms with Crippen LogP contribution in [0.3, 0.4) is 0 Å². The Kier molecular flexibility index (Phi) is 4.68. The molecule has 0 aliphatic carbocycles. The number of piperidine rings is 1. The molecule has 1 aromatic carbocycles. The molecule has 0 unspecified atom stereocenters. The molecule has 0 saturated carbocycles. The molecular weight excluding hydrogens is 298 g/mol. The first-order valence-corrected chi connectivity index (χ1v) is 9.01. The van der Waals surface area contributed by atoms with Gasteiger partial charge in [-0.15, -0.1) is 0 Å². The van der Waals surface area contributed by atoms with Crippen molar-refractivity contribution in [2.24, 2.45) is 0 Å². The van der Waals surface area contributed by atoms with E-state index in [-0.39, 0.29) is 11.4 Å². The van der Waals surface area contributed by atoms with E-state index in [1.165, 1.54) is 24.8 Å². The number of rotatable bonds is 4. The number of carbonyl (C=O) groups excluding carboxylic acids is 1. The van der Waals surface area contributed by atoms with Crippen LogP contribution < -0.4 is 5.32 Å². The summed E-state index contributed by atoms with van der Waals surface area (Å²) in [5.41, 5.74) is 4.21. The Labute approximate surface area is 144 Å². The van der Waals surface area contributed by atoms with E-state index >= 15 is 0 Å². The summed E-state index contributed by atoms with van der Waals surface area (Å²) in [6.45, 7) is 11.6. The van der Waals surface area contributed by atoms with Crippen LogP contribution in [0.1, 0.15) is 54.7 Å². The van der Waals surface area contributed by atoms with Gasteiger partial charge in [0.1, 0.15) is 0 Å². The van der Waals surface area contributed by atoms with Crippen LogP contribution in [0.25, 0.3) is 10.9 Å². The van der Waals surface area contributed by atoms with Crippen LogP contribution in [0, 0.1) is 13.8 Å². The third kappa shape index (κ3) is 3.34. The molecular formula is C20H29N3O. The van der Waals surface area contributed by atoms with E-state index in [1.54, 1.807) is 0 Å². The van der Waals surface area contributed by atoms with E-state index in [0.717, 1.165) is 35.2 Å². The van der Waals surface area contributed by atoms with Crippen LogP contribution in [0.15, 0.2) is 18.2 Å². The third-order valence-electron chi connectivity index (χ3n) is 5.46. The van der Waals surface area contributed by atoms with Gasteiger partial charge in [-0.25, -0.2) is 0 Å². The highest BCUT2D eigenvalue weighted by Crippen LogP contribution is 2.23. The first-order chi connectivity index (χ1) is 11.4. The molecule has 0 bridgehead atoms. The molecule has 1 saturated heterocycles. The van der Waals surface area contributed by atoms with Crippen LogP contribution in [0.5, 0.6) is 0 Å². The summed E-state index contributed by atoms with van der Waals surface area (Å²) in [5, 5.41) is 4.27. The molecule has 2 N–H and O–H groups in total. The van der Waals surface area contributed by atoms with Crippen molar-refractivity contribution < 1.29 is 4.79 Å². The average molecular weight is 327 g/mol. The standard InChI is InChI=1S/C20H29N3O/c1-14-15(2)22-18-9-8-16(12-17(14)18)19(24)21-13-20(3,4)23-10-6-5-7-11-23/h8-9,12,22H,5-7,10-11,13H2,1-4H3,(H,21,24). The lowest BCUT2D eigenvalue weighted by Crippen LogP contribution is -2.53. The van der Waals surface area contributed by atoms with Crippen LogP contribution in [-0.4, -0.2) is 41.0 Å². The number of aryl methyl sites for hydroxylation is 2. The van der Waals surface area contributed by atoms with Gasteiger partial charge in [0.05, 0.1) is 0 Å². The number of amides is 1. The minimum Gasteiger partial charge on any atom is -0.358 e. The van der Waals surface area contributed by atoms with Crippen molar-refractivity contribution in [3.05, 3.63) is 35.0 Å². The zero-order chi connectivity index (χ0) is 17.3. The Morgan fingerprint density at radius 3 is 2.62 bits per heavy atom.